The van der Waals surface area contributed by atoms with Gasteiger partial charge < -0.3 is 4.90 Å². The highest BCUT2D eigenvalue weighted by Gasteiger charge is 2.41. The number of halogens is 3. The summed E-state index contributed by atoms with van der Waals surface area (Å²) in [6, 6.07) is 3.07. The van der Waals surface area contributed by atoms with E-state index in [4.69, 9.17) is 0 Å². The smallest absolute Gasteiger partial charge is 0.341 e. The molecule has 2 heterocycles. The van der Waals surface area contributed by atoms with Gasteiger partial charge in [-0.1, -0.05) is 0 Å². The van der Waals surface area contributed by atoms with Gasteiger partial charge in [0.2, 0.25) is 5.91 Å². The van der Waals surface area contributed by atoms with E-state index in [1.165, 1.54) is 11.0 Å². The van der Waals surface area contributed by atoms with Crippen LogP contribution in [-0.4, -0.2) is 39.9 Å². The molecule has 126 valence electrons. The summed E-state index contributed by atoms with van der Waals surface area (Å²) in [7, 11) is 0. The predicted molar refractivity (Wildman–Crippen MR) is 75.8 cm³/mol. The third-order valence-corrected chi connectivity index (χ3v) is 4.48. The summed E-state index contributed by atoms with van der Waals surface area (Å²) in [5.41, 5.74) is 0.432. The molecule has 8 heteroatoms. The molecule has 0 unspecified atom stereocenters. The zero-order chi connectivity index (χ0) is 16.6. The van der Waals surface area contributed by atoms with Gasteiger partial charge in [0.1, 0.15) is 6.54 Å². The topological polar surface area (TPSA) is 55.2 Å². The van der Waals surface area contributed by atoms with E-state index in [0.29, 0.717) is 5.92 Å². The molecular formula is C15H18F3N3O2. The lowest BCUT2D eigenvalue weighted by Gasteiger charge is -2.32. The summed E-state index contributed by atoms with van der Waals surface area (Å²) in [5, 5.41) is 4.20. The Balaban J connectivity index is 1.62. The van der Waals surface area contributed by atoms with Gasteiger partial charge in [-0.25, -0.2) is 4.68 Å². The van der Waals surface area contributed by atoms with Gasteiger partial charge in [-0.15, -0.1) is 0 Å². The van der Waals surface area contributed by atoms with Gasteiger partial charge in [0, 0.05) is 25.1 Å². The number of nitrogens with zero attached hydrogens (tertiary/aromatic N) is 3. The minimum Gasteiger partial charge on any atom is -0.341 e. The van der Waals surface area contributed by atoms with E-state index in [2.05, 4.69) is 5.10 Å². The molecule has 23 heavy (non-hydrogen) atoms. The maximum Gasteiger partial charge on any atom is 0.391 e. The number of carbonyl (C=O) groups is 1. The van der Waals surface area contributed by atoms with E-state index < -0.39 is 12.1 Å². The zero-order valence-corrected chi connectivity index (χ0v) is 12.6. The maximum absolute atomic E-state index is 12.6. The molecule has 1 saturated heterocycles. The number of aromatic nitrogens is 2. The third kappa shape index (κ3) is 3.73. The van der Waals surface area contributed by atoms with Crippen LogP contribution in [-0.2, 0) is 11.3 Å². The van der Waals surface area contributed by atoms with Gasteiger partial charge in [0.05, 0.1) is 11.6 Å². The highest BCUT2D eigenvalue weighted by atomic mass is 19.4. The fourth-order valence-electron chi connectivity index (χ4n) is 2.86. The molecule has 1 aromatic rings. The second kappa shape index (κ2) is 5.98. The van der Waals surface area contributed by atoms with Gasteiger partial charge >= 0.3 is 6.18 Å². The molecule has 0 spiro atoms. The van der Waals surface area contributed by atoms with Crippen molar-refractivity contribution < 1.29 is 18.0 Å². The van der Waals surface area contributed by atoms with Crippen LogP contribution in [0, 0.1) is 5.92 Å². The molecule has 0 bridgehead atoms. The molecule has 1 aromatic heterocycles. The summed E-state index contributed by atoms with van der Waals surface area (Å²) >= 11 is 0. The summed E-state index contributed by atoms with van der Waals surface area (Å²) in [6.07, 6.45) is -2.31. The first-order chi connectivity index (χ1) is 10.8. The van der Waals surface area contributed by atoms with Crippen molar-refractivity contribution >= 4 is 5.91 Å². The fraction of sp³-hybridized carbons (Fsp3) is 0.667. The van der Waals surface area contributed by atoms with Gasteiger partial charge in [-0.05, 0) is 31.7 Å². The van der Waals surface area contributed by atoms with Gasteiger partial charge in [0.25, 0.3) is 5.56 Å². The molecular weight excluding hydrogens is 311 g/mol. The minimum atomic E-state index is -4.20. The van der Waals surface area contributed by atoms with Crippen molar-refractivity contribution in [2.45, 2.75) is 44.3 Å². The number of carbonyl (C=O) groups excluding carboxylic acids is 1. The molecule has 3 rings (SSSR count). The molecule has 1 aliphatic heterocycles. The number of amides is 1. The second-order valence-electron chi connectivity index (χ2n) is 6.23. The van der Waals surface area contributed by atoms with Crippen LogP contribution in [0.4, 0.5) is 13.2 Å². The molecule has 0 atom stereocenters. The summed E-state index contributed by atoms with van der Waals surface area (Å²) in [4.78, 5) is 25.4. The van der Waals surface area contributed by atoms with Crippen LogP contribution in [0.2, 0.25) is 0 Å². The maximum atomic E-state index is 12.6. The summed E-state index contributed by atoms with van der Waals surface area (Å²) < 4.78 is 39.0. The van der Waals surface area contributed by atoms with E-state index in [0.717, 1.165) is 23.2 Å². The van der Waals surface area contributed by atoms with Crippen LogP contribution in [0.25, 0.3) is 0 Å². The Kier molecular flexibility index (Phi) is 4.16. The van der Waals surface area contributed by atoms with Crippen LogP contribution in [0.3, 0.4) is 0 Å². The van der Waals surface area contributed by atoms with Crippen molar-refractivity contribution in [3.63, 3.8) is 0 Å². The minimum absolute atomic E-state index is 0.0695. The molecule has 0 radical (unpaired) electrons. The first-order valence-electron chi connectivity index (χ1n) is 7.77. The lowest BCUT2D eigenvalue weighted by molar-refractivity contribution is -0.186. The highest BCUT2D eigenvalue weighted by molar-refractivity contribution is 5.76. The van der Waals surface area contributed by atoms with Crippen LogP contribution in [0.5, 0.6) is 0 Å². The number of likely N-dealkylation sites (tertiary alicyclic amines) is 1. The predicted octanol–water partition coefficient (Wildman–Crippen LogP) is 1.92. The Morgan fingerprint density at radius 3 is 2.39 bits per heavy atom. The fourth-order valence-corrected chi connectivity index (χ4v) is 2.86. The molecule has 1 aliphatic carbocycles. The van der Waals surface area contributed by atoms with Crippen molar-refractivity contribution in [3.8, 4) is 0 Å². The largest absolute Gasteiger partial charge is 0.391 e. The third-order valence-electron chi connectivity index (χ3n) is 4.48. The van der Waals surface area contributed by atoms with Crippen molar-refractivity contribution in [2.24, 2.45) is 5.92 Å². The highest BCUT2D eigenvalue weighted by Crippen LogP contribution is 2.38. The number of alkyl halides is 3. The van der Waals surface area contributed by atoms with E-state index in [1.807, 2.05) is 0 Å². The number of piperidine rings is 1. The SMILES string of the molecule is O=C(Cn1nc(C2CC2)ccc1=O)N1CCC(C(F)(F)F)CC1. The van der Waals surface area contributed by atoms with Crippen LogP contribution in [0.15, 0.2) is 16.9 Å². The number of rotatable bonds is 3. The molecule has 1 saturated carbocycles. The second-order valence-corrected chi connectivity index (χ2v) is 6.23. The Morgan fingerprint density at radius 2 is 1.83 bits per heavy atom. The Labute approximate surface area is 131 Å². The molecule has 2 fully saturated rings. The van der Waals surface area contributed by atoms with Crippen molar-refractivity contribution in [1.29, 1.82) is 0 Å². The lowest BCUT2D eigenvalue weighted by atomic mass is 9.96. The summed E-state index contributed by atoms with van der Waals surface area (Å²) in [6.45, 7) is -0.0732. The van der Waals surface area contributed by atoms with Crippen LogP contribution in [0.1, 0.15) is 37.3 Å². The Bertz CT molecular complexity index is 644. The Hall–Kier alpha value is -1.86. The van der Waals surface area contributed by atoms with E-state index >= 15 is 0 Å². The quantitative estimate of drug-likeness (QED) is 0.851. The Morgan fingerprint density at radius 1 is 1.17 bits per heavy atom. The van der Waals surface area contributed by atoms with E-state index in [9.17, 15) is 22.8 Å². The first-order valence-corrected chi connectivity index (χ1v) is 7.77. The van der Waals surface area contributed by atoms with Crippen molar-refractivity contribution in [1.82, 2.24) is 14.7 Å². The average Bonchev–Trinajstić information content (AvgIpc) is 3.33. The molecule has 0 N–H and O–H groups in total. The molecule has 5 nitrogen and oxygen atoms in total. The average molecular weight is 329 g/mol. The van der Waals surface area contributed by atoms with Gasteiger partial charge in [-0.3, -0.25) is 9.59 Å². The van der Waals surface area contributed by atoms with Crippen molar-refractivity contribution in [3.05, 3.63) is 28.2 Å². The van der Waals surface area contributed by atoms with Crippen LogP contribution < -0.4 is 5.56 Å². The van der Waals surface area contributed by atoms with Crippen LogP contribution >= 0.6 is 0 Å². The summed E-state index contributed by atoms with van der Waals surface area (Å²) in [5.74, 6) is -1.33. The molecule has 0 aromatic carbocycles. The normalized spacial score (nSPS) is 19.9. The molecule has 2 aliphatic rings. The van der Waals surface area contributed by atoms with Gasteiger partial charge in [-0.2, -0.15) is 18.3 Å². The number of hydrogen-bond donors (Lipinski definition) is 0. The standard InChI is InChI=1S/C15H18F3N3O2/c16-15(17,18)11-5-7-20(8-6-11)14(23)9-21-13(22)4-3-12(19-21)10-1-2-10/h3-4,10-11H,1-2,5-9H2. The van der Waals surface area contributed by atoms with Crippen molar-refractivity contribution in [2.75, 3.05) is 13.1 Å². The van der Waals surface area contributed by atoms with E-state index in [1.54, 1.807) is 6.07 Å². The van der Waals surface area contributed by atoms with Gasteiger partial charge in [0.15, 0.2) is 0 Å². The zero-order valence-electron chi connectivity index (χ0n) is 12.6. The number of hydrogen-bond acceptors (Lipinski definition) is 3. The monoisotopic (exact) mass is 329 g/mol. The lowest BCUT2D eigenvalue weighted by Crippen LogP contribution is -2.44. The van der Waals surface area contributed by atoms with E-state index in [-0.39, 0.29) is 43.9 Å². The molecule has 1 amide bonds. The first kappa shape index (κ1) is 16.0.